The molecule has 17 heavy (non-hydrogen) atoms. The molecule has 0 amide bonds. The molecular formula is C13H17ClN2O. The molecule has 2 heterocycles. The van der Waals surface area contributed by atoms with Crippen molar-refractivity contribution in [3.63, 3.8) is 0 Å². The Labute approximate surface area is 107 Å². The Bertz CT molecular complexity index is 404. The molecule has 3 nitrogen and oxygen atoms in total. The fourth-order valence-corrected chi connectivity index (χ4v) is 2.88. The van der Waals surface area contributed by atoms with Gasteiger partial charge in [-0.05, 0) is 12.1 Å². The Hall–Kier alpha value is -0.770. The predicted molar refractivity (Wildman–Crippen MR) is 68.7 cm³/mol. The van der Waals surface area contributed by atoms with Gasteiger partial charge in [0.2, 0.25) is 0 Å². The normalized spacial score (nSPS) is 25.1. The minimum absolute atomic E-state index is 0.498. The van der Waals surface area contributed by atoms with E-state index in [4.69, 9.17) is 16.3 Å². The van der Waals surface area contributed by atoms with Gasteiger partial charge in [-0.3, -0.25) is 4.90 Å². The summed E-state index contributed by atoms with van der Waals surface area (Å²) >= 11 is 6.01. The Balaban J connectivity index is 1.88. The molecule has 4 heteroatoms. The lowest BCUT2D eigenvalue weighted by atomic mass is 9.98. The molecule has 0 spiro atoms. The van der Waals surface area contributed by atoms with Crippen LogP contribution in [0.15, 0.2) is 18.2 Å². The standard InChI is InChI=1S/C13H17ClN2O/c14-10-1-2-11-12(3-8-17-13(11)9-10)16-6-4-15-5-7-16/h1-2,9,12,15H,3-8H2. The summed E-state index contributed by atoms with van der Waals surface area (Å²) in [6, 6.07) is 6.51. The second-order valence-electron chi connectivity index (χ2n) is 4.62. The number of piperazine rings is 1. The summed E-state index contributed by atoms with van der Waals surface area (Å²) in [4.78, 5) is 2.55. The first kappa shape index (κ1) is 11.3. The van der Waals surface area contributed by atoms with Crippen molar-refractivity contribution in [1.82, 2.24) is 10.2 Å². The number of fused-ring (bicyclic) bond motifs is 1. The summed E-state index contributed by atoms with van der Waals surface area (Å²) in [5.41, 5.74) is 1.29. The van der Waals surface area contributed by atoms with Crippen molar-refractivity contribution in [2.45, 2.75) is 12.5 Å². The second kappa shape index (κ2) is 4.84. The minimum Gasteiger partial charge on any atom is -0.493 e. The van der Waals surface area contributed by atoms with Crippen LogP contribution in [0.1, 0.15) is 18.0 Å². The number of rotatable bonds is 1. The molecule has 1 N–H and O–H groups in total. The first-order valence-corrected chi connectivity index (χ1v) is 6.59. The van der Waals surface area contributed by atoms with E-state index in [1.165, 1.54) is 5.56 Å². The van der Waals surface area contributed by atoms with Crippen molar-refractivity contribution in [3.05, 3.63) is 28.8 Å². The van der Waals surface area contributed by atoms with E-state index >= 15 is 0 Å². The van der Waals surface area contributed by atoms with Crippen LogP contribution >= 0.6 is 11.6 Å². The van der Waals surface area contributed by atoms with Gasteiger partial charge in [0.05, 0.1) is 6.61 Å². The molecule has 1 aromatic rings. The van der Waals surface area contributed by atoms with Crippen LogP contribution in [-0.2, 0) is 0 Å². The molecule has 3 rings (SSSR count). The van der Waals surface area contributed by atoms with Crippen LogP contribution in [0.3, 0.4) is 0 Å². The van der Waals surface area contributed by atoms with Crippen LogP contribution in [0, 0.1) is 0 Å². The van der Waals surface area contributed by atoms with Gasteiger partial charge in [-0.2, -0.15) is 0 Å². The second-order valence-corrected chi connectivity index (χ2v) is 5.06. The Morgan fingerprint density at radius 3 is 2.94 bits per heavy atom. The number of hydrogen-bond donors (Lipinski definition) is 1. The molecule has 0 aromatic heterocycles. The van der Waals surface area contributed by atoms with Crippen molar-refractivity contribution >= 4 is 11.6 Å². The molecular weight excluding hydrogens is 236 g/mol. The maximum atomic E-state index is 6.01. The van der Waals surface area contributed by atoms with E-state index in [0.29, 0.717) is 6.04 Å². The molecule has 2 aliphatic rings. The molecule has 0 saturated carbocycles. The van der Waals surface area contributed by atoms with Gasteiger partial charge in [0, 0.05) is 49.2 Å². The van der Waals surface area contributed by atoms with Gasteiger partial charge in [0.1, 0.15) is 5.75 Å². The fraction of sp³-hybridized carbons (Fsp3) is 0.538. The van der Waals surface area contributed by atoms with Gasteiger partial charge < -0.3 is 10.1 Å². The number of nitrogens with zero attached hydrogens (tertiary/aromatic N) is 1. The first-order chi connectivity index (χ1) is 8.34. The van der Waals surface area contributed by atoms with Gasteiger partial charge >= 0.3 is 0 Å². The minimum atomic E-state index is 0.498. The summed E-state index contributed by atoms with van der Waals surface area (Å²) in [5.74, 6) is 0.965. The summed E-state index contributed by atoms with van der Waals surface area (Å²) in [5, 5.41) is 4.15. The monoisotopic (exact) mass is 252 g/mol. The average molecular weight is 253 g/mol. The molecule has 0 aliphatic carbocycles. The molecule has 92 valence electrons. The van der Waals surface area contributed by atoms with E-state index in [1.54, 1.807) is 0 Å². The van der Waals surface area contributed by atoms with Crippen molar-refractivity contribution in [2.24, 2.45) is 0 Å². The van der Waals surface area contributed by atoms with Crippen molar-refractivity contribution in [1.29, 1.82) is 0 Å². The zero-order chi connectivity index (χ0) is 11.7. The molecule has 1 fully saturated rings. The van der Waals surface area contributed by atoms with Gasteiger partial charge in [-0.15, -0.1) is 0 Å². The molecule has 0 radical (unpaired) electrons. The highest BCUT2D eigenvalue weighted by molar-refractivity contribution is 6.30. The third-order valence-electron chi connectivity index (χ3n) is 3.58. The van der Waals surface area contributed by atoms with Crippen LogP contribution in [0.5, 0.6) is 5.75 Å². The van der Waals surface area contributed by atoms with E-state index in [1.807, 2.05) is 12.1 Å². The third-order valence-corrected chi connectivity index (χ3v) is 3.81. The Morgan fingerprint density at radius 2 is 2.12 bits per heavy atom. The number of halogens is 1. The Kier molecular flexibility index (Phi) is 3.23. The quantitative estimate of drug-likeness (QED) is 0.828. The smallest absolute Gasteiger partial charge is 0.125 e. The average Bonchev–Trinajstić information content (AvgIpc) is 2.39. The number of nitrogens with one attached hydrogen (secondary N) is 1. The van der Waals surface area contributed by atoms with E-state index in [2.05, 4.69) is 16.3 Å². The highest BCUT2D eigenvalue weighted by atomic mass is 35.5. The Morgan fingerprint density at radius 1 is 1.29 bits per heavy atom. The van der Waals surface area contributed by atoms with E-state index < -0.39 is 0 Å². The van der Waals surface area contributed by atoms with Crippen molar-refractivity contribution < 1.29 is 4.74 Å². The summed E-state index contributed by atoms with van der Waals surface area (Å²) < 4.78 is 5.70. The molecule has 1 aromatic carbocycles. The fourth-order valence-electron chi connectivity index (χ4n) is 2.72. The zero-order valence-electron chi connectivity index (χ0n) is 9.79. The lowest BCUT2D eigenvalue weighted by Gasteiger charge is -2.38. The van der Waals surface area contributed by atoms with Crippen LogP contribution in [0.2, 0.25) is 5.02 Å². The predicted octanol–water partition coefficient (Wildman–Crippen LogP) is 2.07. The van der Waals surface area contributed by atoms with Crippen LogP contribution in [0.25, 0.3) is 0 Å². The number of ether oxygens (including phenoxy) is 1. The topological polar surface area (TPSA) is 24.5 Å². The molecule has 2 aliphatic heterocycles. The number of hydrogen-bond acceptors (Lipinski definition) is 3. The van der Waals surface area contributed by atoms with Crippen molar-refractivity contribution in [3.8, 4) is 5.75 Å². The number of benzene rings is 1. The summed E-state index contributed by atoms with van der Waals surface area (Å²) in [6.45, 7) is 5.20. The highest BCUT2D eigenvalue weighted by Crippen LogP contribution is 2.37. The molecule has 1 atom stereocenters. The summed E-state index contributed by atoms with van der Waals surface area (Å²) in [7, 11) is 0. The first-order valence-electron chi connectivity index (χ1n) is 6.21. The van der Waals surface area contributed by atoms with Gasteiger partial charge in [0.15, 0.2) is 0 Å². The lowest BCUT2D eigenvalue weighted by Crippen LogP contribution is -2.46. The van der Waals surface area contributed by atoms with Crippen LogP contribution < -0.4 is 10.1 Å². The van der Waals surface area contributed by atoms with E-state index in [-0.39, 0.29) is 0 Å². The van der Waals surface area contributed by atoms with Crippen LogP contribution in [0.4, 0.5) is 0 Å². The van der Waals surface area contributed by atoms with E-state index in [0.717, 1.165) is 50.0 Å². The molecule has 1 saturated heterocycles. The third kappa shape index (κ3) is 2.28. The summed E-state index contributed by atoms with van der Waals surface area (Å²) in [6.07, 6.45) is 1.08. The largest absolute Gasteiger partial charge is 0.493 e. The van der Waals surface area contributed by atoms with Gasteiger partial charge in [-0.1, -0.05) is 17.7 Å². The lowest BCUT2D eigenvalue weighted by molar-refractivity contribution is 0.126. The van der Waals surface area contributed by atoms with E-state index in [9.17, 15) is 0 Å². The zero-order valence-corrected chi connectivity index (χ0v) is 10.5. The van der Waals surface area contributed by atoms with Gasteiger partial charge in [0.25, 0.3) is 0 Å². The molecule has 0 bridgehead atoms. The van der Waals surface area contributed by atoms with Crippen molar-refractivity contribution in [2.75, 3.05) is 32.8 Å². The maximum absolute atomic E-state index is 6.01. The maximum Gasteiger partial charge on any atom is 0.125 e. The SMILES string of the molecule is Clc1ccc2c(c1)OCCC2N1CCNCC1. The molecule has 1 unspecified atom stereocenters. The van der Waals surface area contributed by atoms with Gasteiger partial charge in [-0.25, -0.2) is 0 Å². The highest BCUT2D eigenvalue weighted by Gasteiger charge is 2.27. The van der Waals surface area contributed by atoms with Crippen LogP contribution in [-0.4, -0.2) is 37.7 Å².